The van der Waals surface area contributed by atoms with Crippen LogP contribution < -0.4 is 15.8 Å². The molecule has 3 N–H and O–H groups in total. The number of para-hydroxylation sites is 1. The number of rotatable bonds is 8. The van der Waals surface area contributed by atoms with Crippen LogP contribution in [0.3, 0.4) is 0 Å². The van der Waals surface area contributed by atoms with Crippen molar-refractivity contribution >= 4 is 29.0 Å². The van der Waals surface area contributed by atoms with Gasteiger partial charge in [0.05, 0.1) is 31.7 Å². The summed E-state index contributed by atoms with van der Waals surface area (Å²) in [5, 5.41) is 2.75. The fourth-order valence-corrected chi connectivity index (χ4v) is 3.37. The average molecular weight is 425 g/mol. The SMILES string of the molecule is COc1ccc(C(=O)c2cccc(N)c2NC(=O)CCCC(=O)N2CCOCC2)cc1. The second-order valence-corrected chi connectivity index (χ2v) is 7.22. The number of carbonyl (C=O) groups excluding carboxylic acids is 3. The molecule has 0 unspecified atom stereocenters. The zero-order chi connectivity index (χ0) is 22.2. The number of nitrogen functional groups attached to an aromatic ring is 1. The van der Waals surface area contributed by atoms with Crippen molar-refractivity contribution in [3.8, 4) is 5.75 Å². The Hall–Kier alpha value is -3.39. The molecule has 1 heterocycles. The van der Waals surface area contributed by atoms with Crippen molar-refractivity contribution in [2.24, 2.45) is 0 Å². The summed E-state index contributed by atoms with van der Waals surface area (Å²) in [5.74, 6) is 0.110. The predicted molar refractivity (Wildman–Crippen MR) is 117 cm³/mol. The highest BCUT2D eigenvalue weighted by Crippen LogP contribution is 2.27. The maximum atomic E-state index is 13.0. The normalized spacial score (nSPS) is 13.5. The standard InChI is InChI=1S/C23H27N3O5/c1-30-17-10-8-16(9-11-17)23(29)18-4-2-5-19(24)22(18)25-20(27)6-3-7-21(28)26-12-14-31-15-13-26/h2,4-5,8-11H,3,6-7,12-15,24H2,1H3,(H,25,27). The Kier molecular flexibility index (Phi) is 7.61. The predicted octanol–water partition coefficient (Wildman–Crippen LogP) is 2.48. The zero-order valence-corrected chi connectivity index (χ0v) is 17.6. The highest BCUT2D eigenvalue weighted by atomic mass is 16.5. The third-order valence-electron chi connectivity index (χ3n) is 5.12. The summed E-state index contributed by atoms with van der Waals surface area (Å²) in [4.78, 5) is 39.4. The minimum absolute atomic E-state index is 0.0192. The number of hydrogen-bond acceptors (Lipinski definition) is 6. The van der Waals surface area contributed by atoms with Crippen LogP contribution in [0.15, 0.2) is 42.5 Å². The number of ether oxygens (including phenoxy) is 2. The lowest BCUT2D eigenvalue weighted by atomic mass is 10.0. The lowest BCUT2D eigenvalue weighted by Gasteiger charge is -2.26. The number of nitrogens with one attached hydrogen (secondary N) is 1. The number of hydrogen-bond donors (Lipinski definition) is 2. The number of nitrogens with zero attached hydrogens (tertiary/aromatic N) is 1. The molecule has 164 valence electrons. The van der Waals surface area contributed by atoms with Gasteiger partial charge in [-0.05, 0) is 42.8 Å². The number of amides is 2. The molecule has 1 saturated heterocycles. The Morgan fingerprint density at radius 2 is 1.77 bits per heavy atom. The largest absolute Gasteiger partial charge is 0.497 e. The number of morpholine rings is 1. The Balaban J connectivity index is 1.62. The van der Waals surface area contributed by atoms with Crippen LogP contribution in [-0.2, 0) is 14.3 Å². The molecule has 0 radical (unpaired) electrons. The lowest BCUT2D eigenvalue weighted by molar-refractivity contribution is -0.135. The highest BCUT2D eigenvalue weighted by Gasteiger charge is 2.19. The van der Waals surface area contributed by atoms with Crippen molar-refractivity contribution in [3.63, 3.8) is 0 Å². The Morgan fingerprint density at radius 1 is 1.06 bits per heavy atom. The van der Waals surface area contributed by atoms with Gasteiger partial charge in [0.1, 0.15) is 5.75 Å². The van der Waals surface area contributed by atoms with Crippen LogP contribution in [0.4, 0.5) is 11.4 Å². The van der Waals surface area contributed by atoms with E-state index in [0.29, 0.717) is 55.3 Å². The van der Waals surface area contributed by atoms with Crippen LogP contribution in [0.1, 0.15) is 35.2 Å². The average Bonchev–Trinajstić information content (AvgIpc) is 2.80. The molecule has 0 saturated carbocycles. The Morgan fingerprint density at radius 3 is 2.45 bits per heavy atom. The van der Waals surface area contributed by atoms with E-state index in [1.807, 2.05) is 0 Å². The Bertz CT molecular complexity index is 937. The molecular formula is C23H27N3O5. The van der Waals surface area contributed by atoms with Crippen LogP contribution in [-0.4, -0.2) is 55.9 Å². The van der Waals surface area contributed by atoms with Gasteiger partial charge in [-0.2, -0.15) is 0 Å². The van der Waals surface area contributed by atoms with Crippen molar-refractivity contribution in [1.29, 1.82) is 0 Å². The number of benzene rings is 2. The summed E-state index contributed by atoms with van der Waals surface area (Å²) in [6.07, 6.45) is 0.854. The molecule has 1 fully saturated rings. The first-order valence-electron chi connectivity index (χ1n) is 10.2. The maximum absolute atomic E-state index is 13.0. The Labute approximate surface area is 181 Å². The fourth-order valence-electron chi connectivity index (χ4n) is 3.37. The van der Waals surface area contributed by atoms with Crippen LogP contribution in [0.5, 0.6) is 5.75 Å². The van der Waals surface area contributed by atoms with Gasteiger partial charge >= 0.3 is 0 Å². The maximum Gasteiger partial charge on any atom is 0.224 e. The molecule has 31 heavy (non-hydrogen) atoms. The lowest BCUT2D eigenvalue weighted by Crippen LogP contribution is -2.40. The van der Waals surface area contributed by atoms with Gasteiger partial charge in [-0.1, -0.05) is 6.07 Å². The van der Waals surface area contributed by atoms with Crippen molar-refractivity contribution in [1.82, 2.24) is 4.90 Å². The summed E-state index contributed by atoms with van der Waals surface area (Å²) < 4.78 is 10.4. The summed E-state index contributed by atoms with van der Waals surface area (Å²) in [7, 11) is 1.55. The van der Waals surface area contributed by atoms with Gasteiger partial charge in [0, 0.05) is 37.1 Å². The molecule has 1 aliphatic rings. The molecule has 0 atom stereocenters. The van der Waals surface area contributed by atoms with Gasteiger partial charge < -0.3 is 25.4 Å². The molecule has 2 aromatic carbocycles. The van der Waals surface area contributed by atoms with E-state index < -0.39 is 0 Å². The number of nitrogens with two attached hydrogens (primary N) is 1. The minimum Gasteiger partial charge on any atom is -0.497 e. The molecular weight excluding hydrogens is 398 g/mol. The zero-order valence-electron chi connectivity index (χ0n) is 17.6. The topological polar surface area (TPSA) is 111 Å². The van der Waals surface area contributed by atoms with Crippen molar-refractivity contribution < 1.29 is 23.9 Å². The van der Waals surface area contributed by atoms with E-state index in [4.69, 9.17) is 15.2 Å². The third kappa shape index (κ3) is 5.82. The van der Waals surface area contributed by atoms with E-state index in [-0.39, 0.29) is 36.1 Å². The van der Waals surface area contributed by atoms with Gasteiger partial charge in [-0.15, -0.1) is 0 Å². The smallest absolute Gasteiger partial charge is 0.224 e. The van der Waals surface area contributed by atoms with Crippen molar-refractivity contribution in [3.05, 3.63) is 53.6 Å². The molecule has 0 aromatic heterocycles. The van der Waals surface area contributed by atoms with Crippen molar-refractivity contribution in [2.45, 2.75) is 19.3 Å². The van der Waals surface area contributed by atoms with Gasteiger partial charge in [0.15, 0.2) is 5.78 Å². The van der Waals surface area contributed by atoms with Crippen molar-refractivity contribution in [2.75, 3.05) is 44.5 Å². The van der Waals surface area contributed by atoms with Gasteiger partial charge in [0.2, 0.25) is 11.8 Å². The van der Waals surface area contributed by atoms with E-state index in [1.165, 1.54) is 0 Å². The van der Waals surface area contributed by atoms with E-state index in [9.17, 15) is 14.4 Å². The minimum atomic E-state index is -0.295. The van der Waals surface area contributed by atoms with Gasteiger partial charge in [-0.3, -0.25) is 14.4 Å². The first-order chi connectivity index (χ1) is 15.0. The van der Waals surface area contributed by atoms with Gasteiger partial charge in [0.25, 0.3) is 0 Å². The second kappa shape index (κ2) is 10.6. The summed E-state index contributed by atoms with van der Waals surface area (Å²) in [6, 6.07) is 11.6. The highest BCUT2D eigenvalue weighted by molar-refractivity contribution is 6.15. The van der Waals surface area contributed by atoms with E-state index in [2.05, 4.69) is 5.32 Å². The van der Waals surface area contributed by atoms with Crippen LogP contribution >= 0.6 is 0 Å². The second-order valence-electron chi connectivity index (χ2n) is 7.22. The quantitative estimate of drug-likeness (QED) is 0.497. The monoisotopic (exact) mass is 425 g/mol. The molecule has 0 bridgehead atoms. The van der Waals surface area contributed by atoms with E-state index in [1.54, 1.807) is 54.5 Å². The number of anilines is 2. The molecule has 0 spiro atoms. The van der Waals surface area contributed by atoms with Crippen LogP contribution in [0.25, 0.3) is 0 Å². The fraction of sp³-hybridized carbons (Fsp3) is 0.348. The molecule has 2 aromatic rings. The first-order valence-corrected chi connectivity index (χ1v) is 10.2. The van der Waals surface area contributed by atoms with Crippen LogP contribution in [0, 0.1) is 0 Å². The molecule has 3 rings (SSSR count). The number of carbonyl (C=O) groups is 3. The van der Waals surface area contributed by atoms with E-state index in [0.717, 1.165) is 0 Å². The summed E-state index contributed by atoms with van der Waals surface area (Å²) >= 11 is 0. The van der Waals surface area contributed by atoms with E-state index >= 15 is 0 Å². The molecule has 2 amide bonds. The summed E-state index contributed by atoms with van der Waals surface area (Å²) in [5.41, 5.74) is 7.40. The summed E-state index contributed by atoms with van der Waals surface area (Å²) in [6.45, 7) is 2.26. The molecule has 0 aliphatic carbocycles. The molecule has 8 nitrogen and oxygen atoms in total. The third-order valence-corrected chi connectivity index (χ3v) is 5.12. The van der Waals surface area contributed by atoms with Crippen LogP contribution in [0.2, 0.25) is 0 Å². The molecule has 8 heteroatoms. The number of ketones is 1. The van der Waals surface area contributed by atoms with Gasteiger partial charge in [-0.25, -0.2) is 0 Å². The first kappa shape index (κ1) is 22.3. The number of methoxy groups -OCH3 is 1. The molecule has 1 aliphatic heterocycles.